The Morgan fingerprint density at radius 2 is 1.81 bits per heavy atom. The molecule has 2 aliphatic heterocycles. The molecular weight excluding hydrogens is 332 g/mol. The number of hydrogen-bond donors (Lipinski definition) is 0. The first-order chi connectivity index (χ1) is 13.2. The van der Waals surface area contributed by atoms with Crippen molar-refractivity contribution in [3.8, 4) is 0 Å². The summed E-state index contributed by atoms with van der Waals surface area (Å²) >= 11 is 0. The first-order valence-electron chi connectivity index (χ1n) is 10.7. The molecule has 0 amide bonds. The average molecular weight is 367 g/mol. The quantitative estimate of drug-likeness (QED) is 0.793. The molecule has 0 saturated carbocycles. The van der Waals surface area contributed by atoms with Gasteiger partial charge in [-0.3, -0.25) is 4.90 Å². The number of fused-ring (bicyclic) bond motifs is 1. The van der Waals surface area contributed by atoms with E-state index in [0.717, 1.165) is 25.6 Å². The van der Waals surface area contributed by atoms with Crippen LogP contribution >= 0.6 is 0 Å². The van der Waals surface area contributed by atoms with E-state index in [0.29, 0.717) is 12.0 Å². The van der Waals surface area contributed by atoms with Crippen molar-refractivity contribution in [3.63, 3.8) is 0 Å². The smallest absolute Gasteiger partial charge is 0.126 e. The monoisotopic (exact) mass is 366 g/mol. The number of aryl methyl sites for hydroxylation is 1. The van der Waals surface area contributed by atoms with Gasteiger partial charge in [0.05, 0.1) is 6.04 Å². The summed E-state index contributed by atoms with van der Waals surface area (Å²) in [7, 11) is 0. The molecule has 1 aromatic carbocycles. The largest absolute Gasteiger partial charge is 0.334 e. The number of nitrogens with zero attached hydrogens (tertiary/aromatic N) is 4. The number of benzene rings is 1. The van der Waals surface area contributed by atoms with Crippen LogP contribution in [-0.4, -0.2) is 45.5 Å². The molecule has 1 fully saturated rings. The first kappa shape index (κ1) is 18.7. The number of imidazole rings is 1. The second-order valence-corrected chi connectivity index (χ2v) is 8.77. The van der Waals surface area contributed by atoms with Gasteiger partial charge in [-0.25, -0.2) is 4.98 Å². The molecule has 0 radical (unpaired) electrons. The fourth-order valence-electron chi connectivity index (χ4n) is 4.99. The van der Waals surface area contributed by atoms with E-state index in [1.807, 2.05) is 6.20 Å². The van der Waals surface area contributed by atoms with Crippen LogP contribution in [0, 0.1) is 11.8 Å². The van der Waals surface area contributed by atoms with Crippen molar-refractivity contribution in [1.29, 1.82) is 0 Å². The van der Waals surface area contributed by atoms with Gasteiger partial charge >= 0.3 is 0 Å². The van der Waals surface area contributed by atoms with Gasteiger partial charge in [0.15, 0.2) is 0 Å². The Kier molecular flexibility index (Phi) is 5.94. The molecule has 27 heavy (non-hydrogen) atoms. The highest BCUT2D eigenvalue weighted by molar-refractivity contribution is 5.16. The fourth-order valence-corrected chi connectivity index (χ4v) is 4.99. The van der Waals surface area contributed by atoms with Crippen molar-refractivity contribution in [2.75, 3.05) is 26.2 Å². The third-order valence-electron chi connectivity index (χ3n) is 6.18. The van der Waals surface area contributed by atoms with Crippen molar-refractivity contribution in [1.82, 2.24) is 19.4 Å². The van der Waals surface area contributed by atoms with E-state index >= 15 is 0 Å². The predicted octanol–water partition coefficient (Wildman–Crippen LogP) is 4.20. The Labute approximate surface area is 164 Å². The standard InChI is InChI=1S/C23H34N4/c1-19(2)17-25-14-9-21(10-15-25)22-23-24-11-16-26(23)12-6-13-27(22)18-20-7-4-3-5-8-20/h3-5,7-8,11,16,19,21-22H,6,9-10,12-15,17-18H2,1-2H3. The van der Waals surface area contributed by atoms with Crippen molar-refractivity contribution < 1.29 is 0 Å². The maximum absolute atomic E-state index is 4.84. The van der Waals surface area contributed by atoms with Crippen molar-refractivity contribution in [2.24, 2.45) is 11.8 Å². The average Bonchev–Trinajstić information content (AvgIpc) is 3.05. The predicted molar refractivity (Wildman–Crippen MR) is 110 cm³/mol. The van der Waals surface area contributed by atoms with E-state index < -0.39 is 0 Å². The lowest BCUT2D eigenvalue weighted by atomic mass is 9.87. The number of rotatable bonds is 5. The van der Waals surface area contributed by atoms with Crippen LogP contribution in [0.25, 0.3) is 0 Å². The van der Waals surface area contributed by atoms with Gasteiger partial charge in [0.2, 0.25) is 0 Å². The molecule has 0 bridgehead atoms. The Hall–Kier alpha value is -1.65. The van der Waals surface area contributed by atoms with Crippen LogP contribution in [0.5, 0.6) is 0 Å². The molecule has 4 heteroatoms. The maximum atomic E-state index is 4.84. The topological polar surface area (TPSA) is 24.3 Å². The van der Waals surface area contributed by atoms with Gasteiger partial charge < -0.3 is 9.47 Å². The van der Waals surface area contributed by atoms with E-state index in [4.69, 9.17) is 4.98 Å². The van der Waals surface area contributed by atoms with E-state index in [-0.39, 0.29) is 0 Å². The molecule has 1 atom stereocenters. The van der Waals surface area contributed by atoms with Crippen LogP contribution < -0.4 is 0 Å². The second kappa shape index (κ2) is 8.57. The van der Waals surface area contributed by atoms with E-state index in [9.17, 15) is 0 Å². The van der Waals surface area contributed by atoms with Gasteiger partial charge in [-0.15, -0.1) is 0 Å². The number of aromatic nitrogens is 2. The summed E-state index contributed by atoms with van der Waals surface area (Å²) in [5.41, 5.74) is 1.42. The van der Waals surface area contributed by atoms with E-state index in [1.165, 1.54) is 50.3 Å². The minimum Gasteiger partial charge on any atom is -0.334 e. The summed E-state index contributed by atoms with van der Waals surface area (Å²) in [5, 5.41) is 0. The Bertz CT molecular complexity index is 700. The van der Waals surface area contributed by atoms with Gasteiger partial charge in [0.1, 0.15) is 5.82 Å². The number of likely N-dealkylation sites (tertiary alicyclic amines) is 1. The summed E-state index contributed by atoms with van der Waals surface area (Å²) in [4.78, 5) is 10.2. The van der Waals surface area contributed by atoms with Crippen molar-refractivity contribution >= 4 is 0 Å². The van der Waals surface area contributed by atoms with E-state index in [1.54, 1.807) is 0 Å². The lowest BCUT2D eigenvalue weighted by Gasteiger charge is -2.40. The molecule has 4 nitrogen and oxygen atoms in total. The molecule has 3 heterocycles. The molecule has 0 spiro atoms. The Morgan fingerprint density at radius 1 is 1.04 bits per heavy atom. The van der Waals surface area contributed by atoms with Crippen LogP contribution in [0.2, 0.25) is 0 Å². The summed E-state index contributed by atoms with van der Waals surface area (Å²) in [5.74, 6) is 2.76. The summed E-state index contributed by atoms with van der Waals surface area (Å²) in [6, 6.07) is 11.4. The van der Waals surface area contributed by atoms with Gasteiger partial charge in [-0.05, 0) is 49.8 Å². The molecule has 1 aromatic heterocycles. The number of piperidine rings is 1. The van der Waals surface area contributed by atoms with Gasteiger partial charge in [0, 0.05) is 38.6 Å². The molecule has 1 unspecified atom stereocenters. The highest BCUT2D eigenvalue weighted by Crippen LogP contribution is 2.37. The second-order valence-electron chi connectivity index (χ2n) is 8.77. The normalized spacial score (nSPS) is 22.7. The molecule has 0 aliphatic carbocycles. The third kappa shape index (κ3) is 4.44. The van der Waals surface area contributed by atoms with E-state index in [2.05, 4.69) is 64.7 Å². The SMILES string of the molecule is CC(C)CN1CCC(C2c3nccn3CCCN2Cc2ccccc2)CC1. The molecule has 2 aromatic rings. The molecule has 0 N–H and O–H groups in total. The molecule has 146 valence electrons. The summed E-state index contributed by atoms with van der Waals surface area (Å²) in [6.07, 6.45) is 7.97. The highest BCUT2D eigenvalue weighted by atomic mass is 15.2. The van der Waals surface area contributed by atoms with Crippen LogP contribution in [0.4, 0.5) is 0 Å². The Balaban J connectivity index is 1.54. The lowest BCUT2D eigenvalue weighted by molar-refractivity contribution is 0.0755. The first-order valence-corrected chi connectivity index (χ1v) is 10.7. The zero-order valence-corrected chi connectivity index (χ0v) is 16.9. The minimum absolute atomic E-state index is 0.448. The van der Waals surface area contributed by atoms with Crippen molar-refractivity contribution in [3.05, 3.63) is 54.1 Å². The Morgan fingerprint density at radius 3 is 2.56 bits per heavy atom. The highest BCUT2D eigenvalue weighted by Gasteiger charge is 2.35. The van der Waals surface area contributed by atoms with Crippen LogP contribution in [0.3, 0.4) is 0 Å². The summed E-state index contributed by atoms with van der Waals surface area (Å²) < 4.78 is 2.41. The van der Waals surface area contributed by atoms with Crippen LogP contribution in [0.1, 0.15) is 50.5 Å². The molecule has 4 rings (SSSR count). The van der Waals surface area contributed by atoms with Crippen LogP contribution in [0.15, 0.2) is 42.7 Å². The molecule has 1 saturated heterocycles. The maximum Gasteiger partial charge on any atom is 0.126 e. The van der Waals surface area contributed by atoms with Crippen molar-refractivity contribution in [2.45, 2.75) is 52.2 Å². The lowest BCUT2D eigenvalue weighted by Crippen LogP contribution is -2.42. The fraction of sp³-hybridized carbons (Fsp3) is 0.609. The van der Waals surface area contributed by atoms with Gasteiger partial charge in [0.25, 0.3) is 0 Å². The zero-order chi connectivity index (χ0) is 18.6. The number of hydrogen-bond acceptors (Lipinski definition) is 3. The minimum atomic E-state index is 0.448. The molecular formula is C23H34N4. The summed E-state index contributed by atoms with van der Waals surface area (Å²) in [6.45, 7) is 11.7. The third-order valence-corrected chi connectivity index (χ3v) is 6.18. The van der Waals surface area contributed by atoms with Crippen LogP contribution in [-0.2, 0) is 13.1 Å². The molecule has 2 aliphatic rings. The van der Waals surface area contributed by atoms with Gasteiger partial charge in [-0.2, -0.15) is 0 Å². The zero-order valence-electron chi connectivity index (χ0n) is 16.9. The van der Waals surface area contributed by atoms with Gasteiger partial charge in [-0.1, -0.05) is 44.2 Å².